The highest BCUT2D eigenvalue weighted by molar-refractivity contribution is 7.89. The van der Waals surface area contributed by atoms with E-state index in [1.807, 2.05) is 0 Å². The molecule has 1 unspecified atom stereocenters. The Bertz CT molecular complexity index is 731. The van der Waals surface area contributed by atoms with Crippen molar-refractivity contribution in [3.8, 4) is 0 Å². The minimum absolute atomic E-state index is 0.0890. The van der Waals surface area contributed by atoms with Gasteiger partial charge in [0.2, 0.25) is 0 Å². The van der Waals surface area contributed by atoms with Crippen LogP contribution in [0.1, 0.15) is 39.5 Å². The zero-order valence-electron chi connectivity index (χ0n) is 17.8. The van der Waals surface area contributed by atoms with Gasteiger partial charge in [-0.15, -0.1) is 0 Å². The summed E-state index contributed by atoms with van der Waals surface area (Å²) in [5.41, 5.74) is -0.486. The second-order valence-electron chi connectivity index (χ2n) is 9.07. The average molecular weight is 429 g/mol. The molecule has 0 aromatic carbocycles. The number of carbonyl (C=O) groups excluding carboxylic acids is 2. The summed E-state index contributed by atoms with van der Waals surface area (Å²) in [6.07, 6.45) is 3.28. The Kier molecular flexibility index (Phi) is 6.28. The third-order valence-electron chi connectivity index (χ3n) is 7.88. The number of methoxy groups -OCH3 is 3. The van der Waals surface area contributed by atoms with Crippen LogP contribution in [0.2, 0.25) is 0 Å². The molecule has 0 aromatic heterocycles. The fraction of sp³-hybridized carbons (Fsp3) is 0.810. The standard InChI is InChI=1S/C21H32O7S/c1-20(2)12-6-7-21(20,16(22)8-12)11-29(25)13-9-14(18(23)27-4)17(19(24)28-5)15(10-13)26-3/h10,12,14-17,22H,6-9,11H2,1-5H3/t12-,14-,15-,16-,17+,21-,29?/m1/s1. The molecular weight excluding hydrogens is 396 g/mol. The van der Waals surface area contributed by atoms with Gasteiger partial charge in [-0.1, -0.05) is 13.8 Å². The maximum Gasteiger partial charge on any atom is 0.312 e. The fourth-order valence-electron chi connectivity index (χ4n) is 5.83. The third-order valence-corrected chi connectivity index (χ3v) is 9.54. The number of allylic oxidation sites excluding steroid dienone is 1. The van der Waals surface area contributed by atoms with Crippen LogP contribution in [-0.4, -0.2) is 60.5 Å². The lowest BCUT2D eigenvalue weighted by Crippen LogP contribution is -2.45. The molecule has 8 heteroatoms. The van der Waals surface area contributed by atoms with Gasteiger partial charge in [0.05, 0.1) is 32.3 Å². The van der Waals surface area contributed by atoms with Crippen molar-refractivity contribution >= 4 is 22.7 Å². The van der Waals surface area contributed by atoms with Crippen LogP contribution in [0, 0.1) is 28.6 Å². The Balaban J connectivity index is 1.89. The Labute approximate surface area is 174 Å². The molecule has 7 atom stereocenters. The van der Waals surface area contributed by atoms with Crippen molar-refractivity contribution in [2.75, 3.05) is 27.1 Å². The summed E-state index contributed by atoms with van der Waals surface area (Å²) in [4.78, 5) is 25.3. The number of hydrogen-bond donors (Lipinski definition) is 1. The molecule has 3 rings (SSSR count). The van der Waals surface area contributed by atoms with Crippen LogP contribution >= 0.6 is 0 Å². The first-order valence-corrected chi connectivity index (χ1v) is 11.4. The monoisotopic (exact) mass is 428 g/mol. The molecule has 7 nitrogen and oxygen atoms in total. The van der Waals surface area contributed by atoms with Crippen molar-refractivity contribution in [1.29, 1.82) is 0 Å². The molecule has 0 aliphatic heterocycles. The average Bonchev–Trinajstić information content (AvgIpc) is 3.05. The van der Waals surface area contributed by atoms with Crippen molar-refractivity contribution in [3.05, 3.63) is 11.0 Å². The first-order chi connectivity index (χ1) is 13.6. The third kappa shape index (κ3) is 3.47. The largest absolute Gasteiger partial charge is 0.469 e. The number of esters is 2. The zero-order chi connectivity index (χ0) is 21.6. The van der Waals surface area contributed by atoms with E-state index in [1.165, 1.54) is 21.3 Å². The van der Waals surface area contributed by atoms with Crippen molar-refractivity contribution in [1.82, 2.24) is 0 Å². The number of ether oxygens (including phenoxy) is 3. The van der Waals surface area contributed by atoms with Gasteiger partial charge in [0, 0.05) is 34.0 Å². The molecule has 3 aliphatic rings. The molecule has 2 bridgehead atoms. The van der Waals surface area contributed by atoms with Gasteiger partial charge in [-0.3, -0.25) is 13.8 Å². The predicted molar refractivity (Wildman–Crippen MR) is 107 cm³/mol. The van der Waals surface area contributed by atoms with Crippen LogP contribution < -0.4 is 0 Å². The first-order valence-electron chi connectivity index (χ1n) is 10.1. The number of hydrogen-bond acceptors (Lipinski definition) is 7. The van der Waals surface area contributed by atoms with Crippen molar-refractivity contribution in [2.45, 2.75) is 51.7 Å². The molecule has 0 saturated heterocycles. The maximum atomic E-state index is 13.4. The van der Waals surface area contributed by atoms with E-state index in [4.69, 9.17) is 14.2 Å². The van der Waals surface area contributed by atoms with Gasteiger partial charge in [-0.05, 0) is 43.1 Å². The zero-order valence-corrected chi connectivity index (χ0v) is 18.6. The van der Waals surface area contributed by atoms with Gasteiger partial charge in [0.25, 0.3) is 0 Å². The van der Waals surface area contributed by atoms with E-state index >= 15 is 0 Å². The highest BCUT2D eigenvalue weighted by Gasteiger charge is 2.64. The molecule has 164 valence electrons. The van der Waals surface area contributed by atoms with Crippen LogP contribution in [0.15, 0.2) is 11.0 Å². The van der Waals surface area contributed by atoms with E-state index in [2.05, 4.69) is 13.8 Å². The van der Waals surface area contributed by atoms with Gasteiger partial charge < -0.3 is 19.3 Å². The molecule has 1 N–H and O–H groups in total. The maximum absolute atomic E-state index is 13.4. The molecule has 3 aliphatic carbocycles. The molecule has 29 heavy (non-hydrogen) atoms. The smallest absolute Gasteiger partial charge is 0.312 e. The Hall–Kier alpha value is -1.25. The van der Waals surface area contributed by atoms with Gasteiger partial charge >= 0.3 is 11.9 Å². The van der Waals surface area contributed by atoms with Crippen LogP contribution in [0.5, 0.6) is 0 Å². The summed E-state index contributed by atoms with van der Waals surface area (Å²) in [5.74, 6) is -2.00. The molecule has 0 spiro atoms. The number of aliphatic hydroxyl groups excluding tert-OH is 1. The number of rotatable bonds is 6. The highest BCUT2D eigenvalue weighted by atomic mass is 32.2. The fourth-order valence-corrected chi connectivity index (χ4v) is 7.85. The molecule has 2 saturated carbocycles. The minimum Gasteiger partial charge on any atom is -0.469 e. The number of aliphatic hydroxyl groups is 1. The quantitative estimate of drug-likeness (QED) is 0.644. The Morgan fingerprint density at radius 2 is 1.86 bits per heavy atom. The lowest BCUT2D eigenvalue weighted by molar-refractivity contribution is -0.162. The van der Waals surface area contributed by atoms with Gasteiger partial charge in [0.1, 0.15) is 5.92 Å². The number of carbonyl (C=O) groups is 2. The van der Waals surface area contributed by atoms with Gasteiger partial charge in [-0.25, -0.2) is 0 Å². The van der Waals surface area contributed by atoms with E-state index in [0.29, 0.717) is 16.6 Å². The van der Waals surface area contributed by atoms with E-state index in [0.717, 1.165) is 19.3 Å². The molecule has 0 heterocycles. The van der Waals surface area contributed by atoms with Crippen LogP contribution in [0.3, 0.4) is 0 Å². The van der Waals surface area contributed by atoms with Crippen molar-refractivity contribution in [3.63, 3.8) is 0 Å². The van der Waals surface area contributed by atoms with E-state index < -0.39 is 52.2 Å². The highest BCUT2D eigenvalue weighted by Crippen LogP contribution is 2.66. The minimum atomic E-state index is -1.41. The Morgan fingerprint density at radius 3 is 2.34 bits per heavy atom. The van der Waals surface area contributed by atoms with E-state index in [1.54, 1.807) is 6.08 Å². The van der Waals surface area contributed by atoms with E-state index in [-0.39, 0.29) is 11.8 Å². The normalized spacial score (nSPS) is 39.0. The van der Waals surface area contributed by atoms with Crippen LogP contribution in [0.4, 0.5) is 0 Å². The molecule has 2 fully saturated rings. The SMILES string of the molecule is COC(=O)[C@@H]1[C@H](OC)C=C(S(=O)C[C@]23CC[C@H](C[C@H]2O)C3(C)C)C[C@H]1C(=O)OC. The first kappa shape index (κ1) is 22.4. The lowest BCUT2D eigenvalue weighted by Gasteiger charge is -2.41. The second kappa shape index (κ2) is 8.12. The van der Waals surface area contributed by atoms with Crippen molar-refractivity contribution < 1.29 is 33.1 Å². The summed E-state index contributed by atoms with van der Waals surface area (Å²) in [5, 5.41) is 10.8. The predicted octanol–water partition coefficient (Wildman–Crippen LogP) is 1.80. The summed E-state index contributed by atoms with van der Waals surface area (Å²) < 4.78 is 28.7. The lowest BCUT2D eigenvalue weighted by atomic mass is 9.70. The summed E-state index contributed by atoms with van der Waals surface area (Å²) in [6, 6.07) is 0. The van der Waals surface area contributed by atoms with Gasteiger partial charge in [0.15, 0.2) is 0 Å². The number of fused-ring (bicyclic) bond motifs is 2. The van der Waals surface area contributed by atoms with Crippen LogP contribution in [-0.2, 0) is 34.6 Å². The summed E-state index contributed by atoms with van der Waals surface area (Å²) in [7, 11) is 2.57. The second-order valence-corrected chi connectivity index (χ2v) is 10.6. The molecule has 0 radical (unpaired) electrons. The van der Waals surface area contributed by atoms with Crippen LogP contribution in [0.25, 0.3) is 0 Å². The van der Waals surface area contributed by atoms with Gasteiger partial charge in [-0.2, -0.15) is 0 Å². The Morgan fingerprint density at radius 1 is 1.21 bits per heavy atom. The van der Waals surface area contributed by atoms with Crippen molar-refractivity contribution in [2.24, 2.45) is 28.6 Å². The summed E-state index contributed by atoms with van der Waals surface area (Å²) in [6.45, 7) is 4.33. The topological polar surface area (TPSA) is 99.1 Å². The molecular formula is C21H32O7S. The van der Waals surface area contributed by atoms with E-state index in [9.17, 15) is 18.9 Å². The summed E-state index contributed by atoms with van der Waals surface area (Å²) >= 11 is 0. The molecule has 0 aromatic rings. The molecule has 0 amide bonds.